The molecule has 2 nitrogen and oxygen atoms in total. The number of ketones is 1. The van der Waals surface area contributed by atoms with E-state index in [0.29, 0.717) is 17.1 Å². The van der Waals surface area contributed by atoms with Crippen LogP contribution < -0.4 is 0 Å². The molecule has 0 spiro atoms. The Morgan fingerprint density at radius 1 is 0.913 bits per heavy atom. The normalized spacial score (nSPS) is 55.7. The molecule has 4 saturated carbocycles. The summed E-state index contributed by atoms with van der Waals surface area (Å²) in [7, 11) is 0. The van der Waals surface area contributed by atoms with Gasteiger partial charge in [-0.05, 0) is 99.2 Å². The largest absolute Gasteiger partial charge is 0.393 e. The van der Waals surface area contributed by atoms with E-state index in [2.05, 4.69) is 13.8 Å². The molecule has 23 heavy (non-hydrogen) atoms. The van der Waals surface area contributed by atoms with Crippen LogP contribution in [-0.2, 0) is 4.79 Å². The zero-order valence-corrected chi connectivity index (χ0v) is 15.2. The van der Waals surface area contributed by atoms with Gasteiger partial charge in [-0.25, -0.2) is 0 Å². The van der Waals surface area contributed by atoms with E-state index in [0.717, 1.165) is 42.9 Å². The number of rotatable bonds is 1. The molecule has 8 atom stereocenters. The third-order valence-corrected chi connectivity index (χ3v) is 9.13. The number of carbonyl (C=O) groups excluding carboxylic acids is 1. The Morgan fingerprint density at radius 3 is 2.35 bits per heavy atom. The van der Waals surface area contributed by atoms with Gasteiger partial charge in [0.05, 0.1) is 6.10 Å². The van der Waals surface area contributed by atoms with Crippen LogP contribution in [0.1, 0.15) is 78.6 Å². The van der Waals surface area contributed by atoms with Crippen LogP contribution in [0.25, 0.3) is 0 Å². The molecule has 0 unspecified atom stereocenters. The minimum absolute atomic E-state index is 0.0490. The molecule has 2 heteroatoms. The van der Waals surface area contributed by atoms with Gasteiger partial charge in [0.2, 0.25) is 0 Å². The molecular weight excluding hydrogens is 284 g/mol. The lowest BCUT2D eigenvalue weighted by molar-refractivity contribution is -0.138. The molecule has 0 aromatic rings. The molecule has 130 valence electrons. The van der Waals surface area contributed by atoms with Crippen LogP contribution in [0.3, 0.4) is 0 Å². The summed E-state index contributed by atoms with van der Waals surface area (Å²) in [5.74, 6) is 3.97. The zero-order valence-electron chi connectivity index (χ0n) is 15.2. The average molecular weight is 319 g/mol. The molecule has 4 aliphatic rings. The molecule has 0 saturated heterocycles. The fraction of sp³-hybridized carbons (Fsp3) is 0.952. The van der Waals surface area contributed by atoms with Gasteiger partial charge < -0.3 is 5.11 Å². The Bertz CT molecular complexity index is 500. The first-order valence-electron chi connectivity index (χ1n) is 10.0. The summed E-state index contributed by atoms with van der Waals surface area (Å²) < 4.78 is 0. The minimum Gasteiger partial charge on any atom is -0.393 e. The molecule has 0 bridgehead atoms. The molecule has 0 radical (unpaired) electrons. The van der Waals surface area contributed by atoms with Crippen molar-refractivity contribution < 1.29 is 9.90 Å². The lowest BCUT2D eigenvalue weighted by Crippen LogP contribution is -2.54. The Morgan fingerprint density at radius 2 is 1.61 bits per heavy atom. The molecule has 0 amide bonds. The van der Waals surface area contributed by atoms with Gasteiger partial charge >= 0.3 is 0 Å². The Hall–Kier alpha value is -0.370. The van der Waals surface area contributed by atoms with E-state index in [9.17, 15) is 9.90 Å². The lowest BCUT2D eigenvalue weighted by atomic mass is 9.44. The van der Waals surface area contributed by atoms with Crippen molar-refractivity contribution in [3.63, 3.8) is 0 Å². The predicted octanol–water partition coefficient (Wildman–Crippen LogP) is 4.60. The highest BCUT2D eigenvalue weighted by Crippen LogP contribution is 2.67. The predicted molar refractivity (Wildman–Crippen MR) is 91.9 cm³/mol. The number of carbonyl (C=O) groups is 1. The van der Waals surface area contributed by atoms with Crippen LogP contribution in [0.4, 0.5) is 0 Å². The van der Waals surface area contributed by atoms with E-state index < -0.39 is 0 Å². The first kappa shape index (κ1) is 16.1. The van der Waals surface area contributed by atoms with Gasteiger partial charge in [0, 0.05) is 5.92 Å². The molecule has 0 aromatic heterocycles. The summed E-state index contributed by atoms with van der Waals surface area (Å²) in [6, 6.07) is 0. The third-order valence-electron chi connectivity index (χ3n) is 9.13. The van der Waals surface area contributed by atoms with Crippen LogP contribution >= 0.6 is 0 Å². The van der Waals surface area contributed by atoms with Gasteiger partial charge in [-0.15, -0.1) is 0 Å². The average Bonchev–Trinajstić information content (AvgIpc) is 2.85. The van der Waals surface area contributed by atoms with E-state index in [1.54, 1.807) is 0 Å². The Kier molecular flexibility index (Phi) is 3.72. The first-order valence-corrected chi connectivity index (χ1v) is 10.0. The molecule has 4 aliphatic carbocycles. The standard InChI is InChI=1S/C21H34O2/c1-13(22)17-6-7-18-16-5-4-14-12-15(23)8-10-20(14,2)19(16)9-11-21(17,18)3/h14-19,23H,4-12H2,1-3H3/t14-,15+,16+,17-,18-,19-,20-,21+/m0/s1. The smallest absolute Gasteiger partial charge is 0.133 e. The second-order valence-corrected chi connectivity index (χ2v) is 9.87. The molecular formula is C21H34O2. The molecule has 4 rings (SSSR count). The number of hydrogen-bond acceptors (Lipinski definition) is 2. The number of hydrogen-bond donors (Lipinski definition) is 1. The zero-order chi connectivity index (χ0) is 16.4. The van der Waals surface area contributed by atoms with Gasteiger partial charge in [0.15, 0.2) is 0 Å². The fourth-order valence-corrected chi connectivity index (χ4v) is 7.90. The van der Waals surface area contributed by atoms with Gasteiger partial charge in [-0.2, -0.15) is 0 Å². The van der Waals surface area contributed by atoms with Crippen molar-refractivity contribution in [2.45, 2.75) is 84.7 Å². The summed E-state index contributed by atoms with van der Waals surface area (Å²) in [4.78, 5) is 12.2. The van der Waals surface area contributed by atoms with Crippen LogP contribution in [0.5, 0.6) is 0 Å². The number of aliphatic hydroxyl groups excluding tert-OH is 1. The summed E-state index contributed by atoms with van der Waals surface area (Å²) >= 11 is 0. The Labute approximate surface area is 141 Å². The highest BCUT2D eigenvalue weighted by Gasteiger charge is 2.60. The summed E-state index contributed by atoms with van der Waals surface area (Å²) in [6.45, 7) is 6.80. The maximum atomic E-state index is 12.2. The molecule has 0 aliphatic heterocycles. The van der Waals surface area contributed by atoms with E-state index in [1.807, 2.05) is 6.92 Å². The van der Waals surface area contributed by atoms with Crippen molar-refractivity contribution in [2.24, 2.45) is 40.4 Å². The maximum Gasteiger partial charge on any atom is 0.133 e. The number of Topliss-reactive ketones (excluding diaryl/α,β-unsaturated/α-hetero) is 1. The quantitative estimate of drug-likeness (QED) is 0.767. The minimum atomic E-state index is -0.0490. The lowest BCUT2D eigenvalue weighted by Gasteiger charge is -2.60. The van der Waals surface area contributed by atoms with Gasteiger partial charge in [0.25, 0.3) is 0 Å². The maximum absolute atomic E-state index is 12.2. The molecule has 4 fully saturated rings. The van der Waals surface area contributed by atoms with Crippen LogP contribution in [0.15, 0.2) is 0 Å². The van der Waals surface area contributed by atoms with Crippen molar-refractivity contribution >= 4 is 5.78 Å². The van der Waals surface area contributed by atoms with E-state index in [1.165, 1.54) is 38.5 Å². The van der Waals surface area contributed by atoms with Crippen molar-refractivity contribution in [1.29, 1.82) is 0 Å². The monoisotopic (exact) mass is 318 g/mol. The van der Waals surface area contributed by atoms with Crippen LogP contribution in [-0.4, -0.2) is 17.0 Å². The fourth-order valence-electron chi connectivity index (χ4n) is 7.90. The summed E-state index contributed by atoms with van der Waals surface area (Å²) in [5, 5.41) is 10.1. The molecule has 0 heterocycles. The second kappa shape index (κ2) is 5.31. The topological polar surface area (TPSA) is 37.3 Å². The highest BCUT2D eigenvalue weighted by atomic mass is 16.3. The van der Waals surface area contributed by atoms with Crippen molar-refractivity contribution in [1.82, 2.24) is 0 Å². The summed E-state index contributed by atoms with van der Waals surface area (Å²) in [6.07, 6.45) is 10.9. The van der Waals surface area contributed by atoms with E-state index >= 15 is 0 Å². The van der Waals surface area contributed by atoms with Crippen molar-refractivity contribution in [2.75, 3.05) is 0 Å². The SMILES string of the molecule is CC(=O)[C@@H]1CC[C@H]2[C@H]3CC[C@H]4C[C@H](O)CC[C@]4(C)[C@H]3CC[C@]12C. The molecule has 0 aromatic carbocycles. The van der Waals surface area contributed by atoms with Crippen LogP contribution in [0.2, 0.25) is 0 Å². The van der Waals surface area contributed by atoms with E-state index in [-0.39, 0.29) is 11.5 Å². The summed E-state index contributed by atoms with van der Waals surface area (Å²) in [5.41, 5.74) is 0.738. The van der Waals surface area contributed by atoms with Gasteiger partial charge in [0.1, 0.15) is 5.78 Å². The van der Waals surface area contributed by atoms with E-state index in [4.69, 9.17) is 0 Å². The highest BCUT2D eigenvalue weighted by molar-refractivity contribution is 5.79. The van der Waals surface area contributed by atoms with Gasteiger partial charge in [-0.1, -0.05) is 13.8 Å². The van der Waals surface area contributed by atoms with Gasteiger partial charge in [-0.3, -0.25) is 4.79 Å². The second-order valence-electron chi connectivity index (χ2n) is 9.87. The third kappa shape index (κ3) is 2.19. The Balaban J connectivity index is 1.61. The number of aliphatic hydroxyl groups is 1. The number of fused-ring (bicyclic) bond motifs is 5. The first-order chi connectivity index (χ1) is 10.9. The van der Waals surface area contributed by atoms with Crippen molar-refractivity contribution in [3.8, 4) is 0 Å². The van der Waals surface area contributed by atoms with Crippen LogP contribution in [0, 0.1) is 40.4 Å². The molecule has 1 N–H and O–H groups in total. The van der Waals surface area contributed by atoms with Crippen molar-refractivity contribution in [3.05, 3.63) is 0 Å².